The van der Waals surface area contributed by atoms with Gasteiger partial charge in [-0.05, 0) is 66.4 Å². The lowest BCUT2D eigenvalue weighted by molar-refractivity contribution is 0.391. The molecule has 0 radical (unpaired) electrons. The van der Waals surface area contributed by atoms with Gasteiger partial charge in [-0.3, -0.25) is 4.72 Å². The molecule has 168 valence electrons. The summed E-state index contributed by atoms with van der Waals surface area (Å²) in [5, 5.41) is 0.468. The molecule has 0 bridgehead atoms. The van der Waals surface area contributed by atoms with Crippen LogP contribution in [0.2, 0.25) is 5.02 Å². The molecule has 6 nitrogen and oxygen atoms in total. The second-order valence-electron chi connectivity index (χ2n) is 7.88. The van der Waals surface area contributed by atoms with Crippen molar-refractivity contribution in [2.24, 2.45) is 0 Å². The smallest absolute Gasteiger partial charge is 0.243 e. The Kier molecular flexibility index (Phi) is 6.31. The van der Waals surface area contributed by atoms with Gasteiger partial charge in [-0.2, -0.15) is 4.31 Å². The van der Waals surface area contributed by atoms with Crippen molar-refractivity contribution >= 4 is 37.3 Å². The van der Waals surface area contributed by atoms with Crippen LogP contribution >= 0.6 is 11.6 Å². The Bertz CT molecular complexity index is 1350. The number of anilines is 1. The molecule has 3 aromatic carbocycles. The number of nitrogens with zero attached hydrogens (tertiary/aromatic N) is 1. The Morgan fingerprint density at radius 3 is 2.41 bits per heavy atom. The highest BCUT2D eigenvalue weighted by molar-refractivity contribution is 7.91. The molecular formula is C23H23ClN2O4S2. The van der Waals surface area contributed by atoms with E-state index in [9.17, 15) is 16.8 Å². The van der Waals surface area contributed by atoms with E-state index in [1.54, 1.807) is 30.3 Å². The summed E-state index contributed by atoms with van der Waals surface area (Å²) in [6.45, 7) is 2.45. The predicted octanol–water partition coefficient (Wildman–Crippen LogP) is 4.34. The van der Waals surface area contributed by atoms with Gasteiger partial charge in [0.1, 0.15) is 0 Å². The predicted molar refractivity (Wildman–Crippen MR) is 127 cm³/mol. The highest BCUT2D eigenvalue weighted by Crippen LogP contribution is 2.28. The zero-order chi connectivity index (χ0) is 22.9. The van der Waals surface area contributed by atoms with Crippen LogP contribution in [0.4, 0.5) is 5.69 Å². The molecular weight excluding hydrogens is 468 g/mol. The van der Waals surface area contributed by atoms with E-state index >= 15 is 0 Å². The molecule has 0 saturated carbocycles. The largest absolute Gasteiger partial charge is 0.283 e. The molecule has 4 rings (SSSR count). The van der Waals surface area contributed by atoms with Gasteiger partial charge in [-0.1, -0.05) is 47.5 Å². The number of halogens is 1. The van der Waals surface area contributed by atoms with Gasteiger partial charge in [0.15, 0.2) is 0 Å². The summed E-state index contributed by atoms with van der Waals surface area (Å²) in [5.41, 5.74) is 3.91. The van der Waals surface area contributed by atoms with Gasteiger partial charge in [-0.15, -0.1) is 0 Å². The molecule has 0 saturated heterocycles. The highest BCUT2D eigenvalue weighted by atomic mass is 35.5. The maximum absolute atomic E-state index is 13.0. The number of aryl methyl sites for hydroxylation is 1. The van der Waals surface area contributed by atoms with Crippen molar-refractivity contribution < 1.29 is 16.8 Å². The maximum atomic E-state index is 13.0. The monoisotopic (exact) mass is 490 g/mol. The molecule has 0 amide bonds. The molecule has 0 aromatic heterocycles. The fraction of sp³-hybridized carbons (Fsp3) is 0.217. The van der Waals surface area contributed by atoms with E-state index in [0.29, 0.717) is 29.2 Å². The molecule has 9 heteroatoms. The van der Waals surface area contributed by atoms with Crippen molar-refractivity contribution in [1.82, 2.24) is 4.31 Å². The Labute approximate surface area is 193 Å². The molecule has 1 aliphatic heterocycles. The summed E-state index contributed by atoms with van der Waals surface area (Å²) >= 11 is 5.88. The van der Waals surface area contributed by atoms with E-state index in [0.717, 1.165) is 16.7 Å². The first-order valence-electron chi connectivity index (χ1n) is 10.1. The molecule has 0 fully saturated rings. The van der Waals surface area contributed by atoms with E-state index in [2.05, 4.69) is 4.72 Å². The standard InChI is InChI=1S/C23H23ClN2O4S2/c1-17-3-2-4-18(13-17)16-31(27,28)25-22-8-5-19-11-12-26(15-20(19)14-22)32(29,30)23-9-6-21(24)7-10-23/h2-10,13-14,25H,11-12,15-16H2,1H3. The molecule has 0 aliphatic carbocycles. The van der Waals surface area contributed by atoms with Crippen LogP contribution in [0.1, 0.15) is 22.3 Å². The quantitative estimate of drug-likeness (QED) is 0.557. The van der Waals surface area contributed by atoms with Crippen LogP contribution in [0, 0.1) is 6.92 Å². The van der Waals surface area contributed by atoms with E-state index < -0.39 is 20.0 Å². The van der Waals surface area contributed by atoms with Crippen LogP contribution in [0.3, 0.4) is 0 Å². The molecule has 0 spiro atoms. The fourth-order valence-electron chi connectivity index (χ4n) is 3.79. The second-order valence-corrected chi connectivity index (χ2v) is 12.0. The van der Waals surface area contributed by atoms with E-state index in [1.807, 2.05) is 31.2 Å². The summed E-state index contributed by atoms with van der Waals surface area (Å²) in [4.78, 5) is 0.181. The molecule has 1 heterocycles. The lowest BCUT2D eigenvalue weighted by Gasteiger charge is -2.28. The average Bonchev–Trinajstić information content (AvgIpc) is 2.73. The van der Waals surface area contributed by atoms with Gasteiger partial charge in [0.2, 0.25) is 20.0 Å². The van der Waals surface area contributed by atoms with Crippen LogP contribution < -0.4 is 4.72 Å². The number of hydrogen-bond acceptors (Lipinski definition) is 4. The highest BCUT2D eigenvalue weighted by Gasteiger charge is 2.28. The molecule has 1 N–H and O–H groups in total. The van der Waals surface area contributed by atoms with Crippen LogP contribution in [0.5, 0.6) is 0 Å². The maximum Gasteiger partial charge on any atom is 0.243 e. The normalized spacial score (nSPS) is 14.7. The minimum absolute atomic E-state index is 0.136. The Hall–Kier alpha value is -2.39. The van der Waals surface area contributed by atoms with Crippen molar-refractivity contribution in [2.75, 3.05) is 11.3 Å². The third-order valence-electron chi connectivity index (χ3n) is 5.35. The first-order chi connectivity index (χ1) is 15.1. The van der Waals surface area contributed by atoms with Gasteiger partial charge in [0.05, 0.1) is 10.6 Å². The molecule has 0 unspecified atom stereocenters. The van der Waals surface area contributed by atoms with E-state index in [4.69, 9.17) is 11.6 Å². The molecule has 1 aliphatic rings. The van der Waals surface area contributed by atoms with Crippen LogP contribution in [0.15, 0.2) is 71.6 Å². The minimum Gasteiger partial charge on any atom is -0.283 e. The number of nitrogens with one attached hydrogen (secondary N) is 1. The third-order valence-corrected chi connectivity index (χ3v) is 8.72. The van der Waals surface area contributed by atoms with Gasteiger partial charge < -0.3 is 0 Å². The van der Waals surface area contributed by atoms with Crippen LogP contribution in [-0.2, 0) is 38.8 Å². The van der Waals surface area contributed by atoms with Gasteiger partial charge in [0, 0.05) is 23.8 Å². The Morgan fingerprint density at radius 1 is 0.938 bits per heavy atom. The molecule has 3 aromatic rings. The topological polar surface area (TPSA) is 83.6 Å². The summed E-state index contributed by atoms with van der Waals surface area (Å²) in [6.07, 6.45) is 0.554. The minimum atomic E-state index is -3.68. The average molecular weight is 491 g/mol. The number of sulfonamides is 2. The van der Waals surface area contributed by atoms with Crippen LogP contribution in [-0.4, -0.2) is 27.7 Å². The zero-order valence-electron chi connectivity index (χ0n) is 17.5. The van der Waals surface area contributed by atoms with Crippen molar-refractivity contribution in [2.45, 2.75) is 30.5 Å². The fourth-order valence-corrected chi connectivity index (χ4v) is 6.51. The number of benzene rings is 3. The van der Waals surface area contributed by atoms with Crippen molar-refractivity contribution in [3.8, 4) is 0 Å². The van der Waals surface area contributed by atoms with Gasteiger partial charge in [0.25, 0.3) is 0 Å². The first-order valence-corrected chi connectivity index (χ1v) is 13.5. The van der Waals surface area contributed by atoms with Gasteiger partial charge in [-0.25, -0.2) is 16.8 Å². The van der Waals surface area contributed by atoms with E-state index in [1.165, 1.54) is 16.4 Å². The molecule has 32 heavy (non-hydrogen) atoms. The number of hydrogen-bond donors (Lipinski definition) is 1. The molecule has 0 atom stereocenters. The SMILES string of the molecule is Cc1cccc(CS(=O)(=O)Nc2ccc3c(c2)CN(S(=O)(=O)c2ccc(Cl)cc2)CC3)c1. The third kappa shape index (κ3) is 5.15. The first kappa shape index (κ1) is 22.8. The number of rotatable bonds is 6. The van der Waals surface area contributed by atoms with Crippen molar-refractivity contribution in [3.05, 3.63) is 94.0 Å². The lowest BCUT2D eigenvalue weighted by atomic mass is 10.0. The lowest BCUT2D eigenvalue weighted by Crippen LogP contribution is -2.36. The van der Waals surface area contributed by atoms with Crippen LogP contribution in [0.25, 0.3) is 0 Å². The Balaban J connectivity index is 1.53. The summed E-state index contributed by atoms with van der Waals surface area (Å²) in [7, 11) is -7.29. The van der Waals surface area contributed by atoms with Crippen molar-refractivity contribution in [1.29, 1.82) is 0 Å². The van der Waals surface area contributed by atoms with Crippen molar-refractivity contribution in [3.63, 3.8) is 0 Å². The summed E-state index contributed by atoms with van der Waals surface area (Å²) in [6, 6.07) is 18.7. The van der Waals surface area contributed by atoms with E-state index in [-0.39, 0.29) is 17.2 Å². The second kappa shape index (κ2) is 8.86. The van der Waals surface area contributed by atoms with Gasteiger partial charge >= 0.3 is 0 Å². The zero-order valence-corrected chi connectivity index (χ0v) is 19.8. The summed E-state index contributed by atoms with van der Waals surface area (Å²) < 4.78 is 55.4. The summed E-state index contributed by atoms with van der Waals surface area (Å²) in [5.74, 6) is -0.136. The number of fused-ring (bicyclic) bond motifs is 1. The Morgan fingerprint density at radius 2 is 1.69 bits per heavy atom.